The van der Waals surface area contributed by atoms with E-state index in [1.54, 1.807) is 7.11 Å². The lowest BCUT2D eigenvalue weighted by molar-refractivity contribution is -0.132. The molecule has 0 radical (unpaired) electrons. The van der Waals surface area contributed by atoms with Crippen LogP contribution in [0.4, 0.5) is 0 Å². The number of Topliss-reactive ketones (excluding diaryl/α,β-unsaturated/α-hetero) is 1. The molecule has 0 saturated carbocycles. The van der Waals surface area contributed by atoms with Crippen molar-refractivity contribution in [2.75, 3.05) is 7.11 Å². The second kappa shape index (κ2) is 4.56. The number of ether oxygens (including phenoxy) is 1. The summed E-state index contributed by atoms with van der Waals surface area (Å²) in [5, 5.41) is 0. The molecule has 0 amide bonds. The highest BCUT2D eigenvalue weighted by molar-refractivity contribution is 5.92. The van der Waals surface area contributed by atoms with E-state index in [0.29, 0.717) is 12.3 Å². The highest BCUT2D eigenvalue weighted by Gasteiger charge is 2.33. The summed E-state index contributed by atoms with van der Waals surface area (Å²) in [7, 11) is 1.58. The van der Waals surface area contributed by atoms with Crippen molar-refractivity contribution in [3.05, 3.63) is 24.3 Å². The quantitative estimate of drug-likeness (QED) is 0.643. The Balaban J connectivity index is 2.78. The molecule has 0 unspecified atom stereocenters. The minimum absolute atomic E-state index is 0.141. The molecule has 78 valence electrons. The minimum atomic E-state index is -0.789. The smallest absolute Gasteiger partial charge is 0.172 e. The maximum absolute atomic E-state index is 11.9. The molecule has 1 aliphatic carbocycles. The van der Waals surface area contributed by atoms with E-state index in [-0.39, 0.29) is 5.78 Å². The average Bonchev–Trinajstić information content (AvgIpc) is 2.18. The summed E-state index contributed by atoms with van der Waals surface area (Å²) in [6.45, 7) is 4.08. The van der Waals surface area contributed by atoms with E-state index < -0.39 is 5.60 Å². The molecule has 2 nitrogen and oxygen atoms in total. The summed E-state index contributed by atoms with van der Waals surface area (Å²) in [4.78, 5) is 11.9. The van der Waals surface area contributed by atoms with Gasteiger partial charge in [0.15, 0.2) is 11.4 Å². The van der Waals surface area contributed by atoms with Crippen LogP contribution in [0.2, 0.25) is 0 Å². The Bertz CT molecular complexity index is 249. The molecule has 1 rings (SSSR count). The molecule has 0 heterocycles. The molecular formula is C12H18O2. The van der Waals surface area contributed by atoms with Gasteiger partial charge in [0.05, 0.1) is 0 Å². The van der Waals surface area contributed by atoms with Crippen LogP contribution in [0, 0.1) is 5.92 Å². The van der Waals surface area contributed by atoms with Crippen LogP contribution in [-0.2, 0) is 9.53 Å². The van der Waals surface area contributed by atoms with Gasteiger partial charge in [-0.2, -0.15) is 0 Å². The van der Waals surface area contributed by atoms with Gasteiger partial charge in [-0.15, -0.1) is 0 Å². The predicted octanol–water partition coefficient (Wildman–Crippen LogP) is 2.50. The highest BCUT2D eigenvalue weighted by Crippen LogP contribution is 2.23. The summed E-state index contributed by atoms with van der Waals surface area (Å²) < 4.78 is 5.32. The van der Waals surface area contributed by atoms with Crippen LogP contribution in [0.5, 0.6) is 0 Å². The largest absolute Gasteiger partial charge is 0.362 e. The SMILES string of the molecule is COC1(C(=O)CC(C)C)C=CCC=C1. The van der Waals surface area contributed by atoms with Crippen LogP contribution >= 0.6 is 0 Å². The van der Waals surface area contributed by atoms with Crippen LogP contribution in [0.3, 0.4) is 0 Å². The van der Waals surface area contributed by atoms with E-state index >= 15 is 0 Å². The zero-order chi connectivity index (χ0) is 10.6. The van der Waals surface area contributed by atoms with Gasteiger partial charge < -0.3 is 4.74 Å². The minimum Gasteiger partial charge on any atom is -0.362 e. The Hall–Kier alpha value is -0.890. The van der Waals surface area contributed by atoms with Crippen molar-refractivity contribution in [2.24, 2.45) is 5.92 Å². The van der Waals surface area contributed by atoms with E-state index in [1.807, 2.05) is 38.2 Å². The fourth-order valence-electron chi connectivity index (χ4n) is 1.59. The zero-order valence-electron chi connectivity index (χ0n) is 9.12. The molecule has 1 aliphatic rings. The summed E-state index contributed by atoms with van der Waals surface area (Å²) in [6, 6.07) is 0. The molecule has 0 fully saturated rings. The van der Waals surface area contributed by atoms with Crippen LogP contribution in [0.25, 0.3) is 0 Å². The molecule has 0 spiro atoms. The van der Waals surface area contributed by atoms with Crippen molar-refractivity contribution >= 4 is 5.78 Å². The van der Waals surface area contributed by atoms with Crippen molar-refractivity contribution in [3.8, 4) is 0 Å². The number of carbonyl (C=O) groups excluding carboxylic acids is 1. The van der Waals surface area contributed by atoms with Crippen molar-refractivity contribution in [1.82, 2.24) is 0 Å². The highest BCUT2D eigenvalue weighted by atomic mass is 16.5. The fraction of sp³-hybridized carbons (Fsp3) is 0.583. The molecule has 0 aromatic heterocycles. The van der Waals surface area contributed by atoms with Gasteiger partial charge >= 0.3 is 0 Å². The van der Waals surface area contributed by atoms with Gasteiger partial charge in [0.25, 0.3) is 0 Å². The third-order valence-electron chi connectivity index (χ3n) is 2.37. The predicted molar refractivity (Wildman–Crippen MR) is 57.1 cm³/mol. The van der Waals surface area contributed by atoms with Crippen LogP contribution in [0.15, 0.2) is 24.3 Å². The van der Waals surface area contributed by atoms with E-state index in [4.69, 9.17) is 4.74 Å². The van der Waals surface area contributed by atoms with Crippen molar-refractivity contribution in [3.63, 3.8) is 0 Å². The van der Waals surface area contributed by atoms with Crippen LogP contribution in [-0.4, -0.2) is 18.5 Å². The van der Waals surface area contributed by atoms with E-state index in [2.05, 4.69) is 0 Å². The molecule has 0 N–H and O–H groups in total. The Morgan fingerprint density at radius 1 is 1.43 bits per heavy atom. The molecule has 0 atom stereocenters. The molecule has 0 aliphatic heterocycles. The maximum atomic E-state index is 11.9. The average molecular weight is 194 g/mol. The number of rotatable bonds is 4. The third-order valence-corrected chi connectivity index (χ3v) is 2.37. The van der Waals surface area contributed by atoms with Crippen molar-refractivity contribution in [1.29, 1.82) is 0 Å². The first kappa shape index (κ1) is 11.2. The molecule has 0 aromatic carbocycles. The normalized spacial score (nSPS) is 18.9. The lowest BCUT2D eigenvalue weighted by Crippen LogP contribution is -2.38. The molecular weight excluding hydrogens is 176 g/mol. The number of methoxy groups -OCH3 is 1. The number of ketones is 1. The Morgan fingerprint density at radius 2 is 2.00 bits per heavy atom. The van der Waals surface area contributed by atoms with Gasteiger partial charge in [-0.25, -0.2) is 0 Å². The number of hydrogen-bond donors (Lipinski definition) is 0. The monoisotopic (exact) mass is 194 g/mol. The second-order valence-corrected chi connectivity index (χ2v) is 4.06. The van der Waals surface area contributed by atoms with Crippen LogP contribution < -0.4 is 0 Å². The first-order chi connectivity index (χ1) is 6.60. The van der Waals surface area contributed by atoms with Crippen molar-refractivity contribution < 1.29 is 9.53 Å². The van der Waals surface area contributed by atoms with E-state index in [1.165, 1.54) is 0 Å². The number of carbonyl (C=O) groups is 1. The Morgan fingerprint density at radius 3 is 2.43 bits per heavy atom. The van der Waals surface area contributed by atoms with Gasteiger partial charge in [-0.3, -0.25) is 4.79 Å². The topological polar surface area (TPSA) is 26.3 Å². The zero-order valence-corrected chi connectivity index (χ0v) is 9.12. The summed E-state index contributed by atoms with van der Waals surface area (Å²) in [5.74, 6) is 0.514. The molecule has 2 heteroatoms. The van der Waals surface area contributed by atoms with Gasteiger partial charge in [0.1, 0.15) is 0 Å². The Labute approximate surface area is 85.6 Å². The molecule has 0 aromatic rings. The maximum Gasteiger partial charge on any atom is 0.172 e. The van der Waals surface area contributed by atoms with Gasteiger partial charge in [-0.1, -0.05) is 26.0 Å². The van der Waals surface area contributed by atoms with Crippen molar-refractivity contribution in [2.45, 2.75) is 32.3 Å². The van der Waals surface area contributed by atoms with Gasteiger partial charge in [0.2, 0.25) is 0 Å². The van der Waals surface area contributed by atoms with Crippen LogP contribution in [0.1, 0.15) is 26.7 Å². The summed E-state index contributed by atoms with van der Waals surface area (Å²) in [5.41, 5.74) is -0.789. The van der Waals surface area contributed by atoms with E-state index in [0.717, 1.165) is 6.42 Å². The fourth-order valence-corrected chi connectivity index (χ4v) is 1.59. The first-order valence-corrected chi connectivity index (χ1v) is 5.04. The molecule has 0 bridgehead atoms. The Kier molecular flexibility index (Phi) is 3.64. The van der Waals surface area contributed by atoms with Gasteiger partial charge in [0, 0.05) is 13.5 Å². The lowest BCUT2D eigenvalue weighted by Gasteiger charge is -2.26. The lowest BCUT2D eigenvalue weighted by atomic mass is 9.88. The summed E-state index contributed by atoms with van der Waals surface area (Å²) >= 11 is 0. The standard InChI is InChI=1S/C12H18O2/c1-10(2)9-11(13)12(14-3)7-5-4-6-8-12/h5-8,10H,4,9H2,1-3H3. The first-order valence-electron chi connectivity index (χ1n) is 5.04. The number of allylic oxidation sites excluding steroid dienone is 2. The summed E-state index contributed by atoms with van der Waals surface area (Å²) in [6.07, 6.45) is 9.11. The second-order valence-electron chi connectivity index (χ2n) is 4.06. The number of hydrogen-bond acceptors (Lipinski definition) is 2. The molecule has 14 heavy (non-hydrogen) atoms. The van der Waals surface area contributed by atoms with Gasteiger partial charge in [-0.05, 0) is 24.5 Å². The third kappa shape index (κ3) is 2.32. The van der Waals surface area contributed by atoms with E-state index in [9.17, 15) is 4.79 Å². The molecule has 0 saturated heterocycles.